The standard InChI is InChI=1S/C14H23BNO2.HI/c1-14(2)10-17-15(18-11-14)12-6-8-13(9-7-12)16(3,4)5;/h6-9H,10-11H2,1-5H3;1H/q+1;/p-1. The molecule has 0 amide bonds. The van der Waals surface area contributed by atoms with Crippen LogP contribution in [0.5, 0.6) is 0 Å². The molecule has 1 saturated heterocycles. The summed E-state index contributed by atoms with van der Waals surface area (Å²) in [4.78, 5) is 0. The lowest BCUT2D eigenvalue weighted by Crippen LogP contribution is -3.00. The Morgan fingerprint density at radius 3 is 1.89 bits per heavy atom. The van der Waals surface area contributed by atoms with Crippen LogP contribution in [0.3, 0.4) is 0 Å². The summed E-state index contributed by atoms with van der Waals surface area (Å²) in [5.74, 6) is 0. The molecule has 2 rings (SSSR count). The summed E-state index contributed by atoms with van der Waals surface area (Å²) in [5, 5.41) is 0. The number of quaternary nitrogens is 1. The first-order valence-electron chi connectivity index (χ1n) is 6.43. The van der Waals surface area contributed by atoms with Crippen molar-refractivity contribution in [2.45, 2.75) is 13.8 Å². The zero-order valence-electron chi connectivity index (χ0n) is 12.4. The highest BCUT2D eigenvalue weighted by Crippen LogP contribution is 2.22. The molecule has 0 saturated carbocycles. The Hall–Kier alpha value is -0.105. The molecule has 1 aromatic rings. The highest BCUT2D eigenvalue weighted by atomic mass is 127. The van der Waals surface area contributed by atoms with Gasteiger partial charge in [0.05, 0.1) is 21.1 Å². The molecular weight excluding hydrogens is 352 g/mol. The van der Waals surface area contributed by atoms with Gasteiger partial charge in [-0.25, -0.2) is 0 Å². The smallest absolute Gasteiger partial charge is 0.493 e. The third-order valence-corrected chi connectivity index (χ3v) is 3.19. The number of nitrogens with zero attached hydrogens (tertiary/aromatic N) is 1. The molecule has 0 N–H and O–H groups in total. The lowest BCUT2D eigenvalue weighted by Gasteiger charge is -2.33. The summed E-state index contributed by atoms with van der Waals surface area (Å²) in [5.41, 5.74) is 2.50. The van der Waals surface area contributed by atoms with E-state index in [0.29, 0.717) is 0 Å². The van der Waals surface area contributed by atoms with Gasteiger partial charge in [0.2, 0.25) is 0 Å². The van der Waals surface area contributed by atoms with Gasteiger partial charge in [-0.1, -0.05) is 26.0 Å². The van der Waals surface area contributed by atoms with Gasteiger partial charge in [-0.15, -0.1) is 0 Å². The van der Waals surface area contributed by atoms with E-state index in [-0.39, 0.29) is 36.5 Å². The summed E-state index contributed by atoms with van der Waals surface area (Å²) in [6, 6.07) is 8.48. The Balaban J connectivity index is 0.00000180. The van der Waals surface area contributed by atoms with Crippen molar-refractivity contribution in [2.24, 2.45) is 5.41 Å². The Morgan fingerprint density at radius 1 is 1.00 bits per heavy atom. The Bertz CT molecular complexity index is 404. The van der Waals surface area contributed by atoms with Gasteiger partial charge in [-0.2, -0.15) is 0 Å². The largest absolute Gasteiger partial charge is 1.00 e. The third-order valence-electron chi connectivity index (χ3n) is 3.19. The topological polar surface area (TPSA) is 18.5 Å². The molecule has 1 aromatic carbocycles. The molecule has 1 fully saturated rings. The number of hydrogen-bond acceptors (Lipinski definition) is 2. The molecule has 0 spiro atoms. The highest BCUT2D eigenvalue weighted by Gasteiger charge is 2.33. The second-order valence-corrected chi connectivity index (χ2v) is 6.72. The number of benzene rings is 1. The van der Waals surface area contributed by atoms with Crippen LogP contribution >= 0.6 is 0 Å². The maximum Gasteiger partial charge on any atom is 0.493 e. The molecule has 0 radical (unpaired) electrons. The van der Waals surface area contributed by atoms with Crippen LogP contribution in [0.15, 0.2) is 24.3 Å². The van der Waals surface area contributed by atoms with E-state index in [0.717, 1.165) is 23.2 Å². The number of rotatable bonds is 2. The minimum atomic E-state index is -0.209. The second kappa shape index (κ2) is 6.12. The molecule has 1 aliphatic rings. The van der Waals surface area contributed by atoms with Crippen molar-refractivity contribution in [2.75, 3.05) is 34.4 Å². The first-order valence-corrected chi connectivity index (χ1v) is 6.43. The van der Waals surface area contributed by atoms with Crippen molar-refractivity contribution >= 4 is 18.3 Å². The molecule has 0 atom stereocenters. The van der Waals surface area contributed by atoms with Gasteiger partial charge >= 0.3 is 7.12 Å². The molecular formula is C14H23BINO2. The van der Waals surface area contributed by atoms with Crippen LogP contribution in [-0.2, 0) is 9.31 Å². The fourth-order valence-corrected chi connectivity index (χ4v) is 1.96. The van der Waals surface area contributed by atoms with Gasteiger partial charge < -0.3 is 33.3 Å². The summed E-state index contributed by atoms with van der Waals surface area (Å²) in [6.07, 6.45) is 0. The third kappa shape index (κ3) is 4.44. The van der Waals surface area contributed by atoms with E-state index in [1.165, 1.54) is 5.69 Å². The summed E-state index contributed by atoms with van der Waals surface area (Å²) in [7, 11) is 6.26. The Kier molecular flexibility index (Phi) is 5.46. The summed E-state index contributed by atoms with van der Waals surface area (Å²) < 4.78 is 12.4. The summed E-state index contributed by atoms with van der Waals surface area (Å²) >= 11 is 0. The lowest BCUT2D eigenvalue weighted by atomic mass is 9.76. The van der Waals surface area contributed by atoms with E-state index >= 15 is 0 Å². The maximum atomic E-state index is 5.78. The van der Waals surface area contributed by atoms with Gasteiger partial charge in [0.25, 0.3) is 0 Å². The van der Waals surface area contributed by atoms with Crippen LogP contribution in [0.1, 0.15) is 13.8 Å². The molecule has 0 unspecified atom stereocenters. The van der Waals surface area contributed by atoms with Crippen molar-refractivity contribution in [3.8, 4) is 0 Å². The Morgan fingerprint density at radius 2 is 1.47 bits per heavy atom. The van der Waals surface area contributed by atoms with Crippen LogP contribution in [0.25, 0.3) is 0 Å². The van der Waals surface area contributed by atoms with Crippen LogP contribution < -0.4 is 33.9 Å². The number of hydrogen-bond donors (Lipinski definition) is 0. The monoisotopic (exact) mass is 375 g/mol. The average molecular weight is 375 g/mol. The van der Waals surface area contributed by atoms with E-state index in [1.807, 2.05) is 0 Å². The molecule has 1 aliphatic heterocycles. The van der Waals surface area contributed by atoms with E-state index in [9.17, 15) is 0 Å². The van der Waals surface area contributed by atoms with Crippen LogP contribution in [-0.4, -0.2) is 41.5 Å². The average Bonchev–Trinajstić information content (AvgIpc) is 2.28. The molecule has 0 aliphatic carbocycles. The molecule has 1 heterocycles. The lowest BCUT2D eigenvalue weighted by molar-refractivity contribution is -0.00000648. The second-order valence-electron chi connectivity index (χ2n) is 6.72. The van der Waals surface area contributed by atoms with Gasteiger partial charge in [0.15, 0.2) is 0 Å². The van der Waals surface area contributed by atoms with Gasteiger partial charge in [-0.3, -0.25) is 4.48 Å². The van der Waals surface area contributed by atoms with Gasteiger partial charge in [0, 0.05) is 18.6 Å². The van der Waals surface area contributed by atoms with Crippen LogP contribution in [0.4, 0.5) is 5.69 Å². The maximum absolute atomic E-state index is 5.78. The van der Waals surface area contributed by atoms with E-state index < -0.39 is 0 Å². The molecule has 3 nitrogen and oxygen atoms in total. The molecule has 5 heteroatoms. The fourth-order valence-electron chi connectivity index (χ4n) is 1.96. The van der Waals surface area contributed by atoms with Crippen molar-refractivity contribution in [1.82, 2.24) is 4.48 Å². The van der Waals surface area contributed by atoms with E-state index in [4.69, 9.17) is 9.31 Å². The van der Waals surface area contributed by atoms with E-state index in [2.05, 4.69) is 59.3 Å². The van der Waals surface area contributed by atoms with Crippen molar-refractivity contribution < 1.29 is 33.3 Å². The molecule has 106 valence electrons. The first kappa shape index (κ1) is 16.9. The van der Waals surface area contributed by atoms with E-state index in [1.54, 1.807) is 0 Å². The van der Waals surface area contributed by atoms with Gasteiger partial charge in [0.1, 0.15) is 5.69 Å². The molecule has 0 aromatic heterocycles. The molecule has 0 bridgehead atoms. The fraction of sp³-hybridized carbons (Fsp3) is 0.571. The highest BCUT2D eigenvalue weighted by molar-refractivity contribution is 6.61. The first-order chi connectivity index (χ1) is 8.28. The molecule has 19 heavy (non-hydrogen) atoms. The normalized spacial score (nSPS) is 18.9. The van der Waals surface area contributed by atoms with Crippen LogP contribution in [0, 0.1) is 5.41 Å². The van der Waals surface area contributed by atoms with Crippen molar-refractivity contribution in [1.29, 1.82) is 0 Å². The predicted octanol–water partition coefficient (Wildman–Crippen LogP) is -1.34. The SMILES string of the molecule is CC1(C)COB(c2ccc([N+](C)(C)C)cc2)OC1.[I-]. The van der Waals surface area contributed by atoms with Crippen LogP contribution in [0.2, 0.25) is 0 Å². The minimum absolute atomic E-state index is 0. The van der Waals surface area contributed by atoms with Crippen molar-refractivity contribution in [3.63, 3.8) is 0 Å². The quantitative estimate of drug-likeness (QED) is 0.362. The van der Waals surface area contributed by atoms with Crippen molar-refractivity contribution in [3.05, 3.63) is 24.3 Å². The minimum Gasteiger partial charge on any atom is -1.00 e. The Labute approximate surface area is 134 Å². The summed E-state index contributed by atoms with van der Waals surface area (Å²) in [6.45, 7) is 5.80. The number of halogens is 1. The van der Waals surface area contributed by atoms with Gasteiger partial charge in [-0.05, 0) is 17.6 Å². The zero-order valence-corrected chi connectivity index (χ0v) is 14.6. The zero-order chi connectivity index (χ0) is 13.4. The predicted molar refractivity (Wildman–Crippen MR) is 77.1 cm³/mol.